The minimum atomic E-state index is -0.615. The van der Waals surface area contributed by atoms with Crippen LogP contribution in [0.1, 0.15) is 37.0 Å². The molecular formula is C23H29N3O3. The summed E-state index contributed by atoms with van der Waals surface area (Å²) in [6, 6.07) is 13.7. The van der Waals surface area contributed by atoms with Gasteiger partial charge >= 0.3 is 0 Å². The smallest absolute Gasteiger partial charge is 0.222 e. The van der Waals surface area contributed by atoms with Crippen LogP contribution in [-0.2, 0) is 11.2 Å². The molecule has 2 heterocycles. The number of β-amino-alcohol motifs (C(OH)–C–C–N with tert-alkyl or cyclic N) is 1. The highest BCUT2D eigenvalue weighted by Gasteiger charge is 2.48. The third kappa shape index (κ3) is 4.83. The number of hydrogen-bond donors (Lipinski definition) is 3. The summed E-state index contributed by atoms with van der Waals surface area (Å²) in [6.45, 7) is 3.83. The van der Waals surface area contributed by atoms with E-state index < -0.39 is 11.7 Å². The molecule has 1 amide bonds. The first-order valence-electron chi connectivity index (χ1n) is 10.3. The van der Waals surface area contributed by atoms with Crippen LogP contribution in [0.2, 0.25) is 0 Å². The van der Waals surface area contributed by atoms with Crippen LogP contribution in [0.15, 0.2) is 48.7 Å². The third-order valence-electron chi connectivity index (χ3n) is 6.22. The van der Waals surface area contributed by atoms with E-state index in [1.165, 1.54) is 12.5 Å². The number of rotatable bonds is 6. The van der Waals surface area contributed by atoms with E-state index in [-0.39, 0.29) is 5.91 Å². The van der Waals surface area contributed by atoms with Gasteiger partial charge in [-0.1, -0.05) is 36.4 Å². The van der Waals surface area contributed by atoms with Crippen LogP contribution in [0.25, 0.3) is 0 Å². The lowest BCUT2D eigenvalue weighted by Crippen LogP contribution is -2.33. The van der Waals surface area contributed by atoms with Crippen molar-refractivity contribution < 1.29 is 15.0 Å². The molecule has 2 aromatic rings. The standard InChI is InChI=1S/C23H29N3O3/c1-16(27)25-22-8-7-18(12-24-22)21(28)15-26-13-19-10-23(29,11-20(19)14-26)9-17-5-3-2-4-6-17/h2-8,12,19-21,28-29H,9-11,13-15H2,1H3,(H,24,25,27)/t19-,20+,21?,23?. The van der Waals surface area contributed by atoms with Crippen molar-refractivity contribution in [3.8, 4) is 0 Å². The second-order valence-electron chi connectivity index (χ2n) is 8.71. The predicted octanol–water partition coefficient (Wildman–Crippen LogP) is 2.39. The Hall–Kier alpha value is -2.28. The van der Waals surface area contributed by atoms with E-state index in [2.05, 4.69) is 27.3 Å². The fourth-order valence-electron chi connectivity index (χ4n) is 5.03. The van der Waals surface area contributed by atoms with Crippen molar-refractivity contribution in [2.75, 3.05) is 25.0 Å². The number of aromatic nitrogens is 1. The molecule has 2 aliphatic rings. The number of benzene rings is 1. The molecule has 2 unspecified atom stereocenters. The first-order chi connectivity index (χ1) is 13.9. The maximum absolute atomic E-state index is 11.1. The summed E-state index contributed by atoms with van der Waals surface area (Å²) < 4.78 is 0. The Kier molecular flexibility index (Phi) is 5.67. The Morgan fingerprint density at radius 1 is 1.21 bits per heavy atom. The summed E-state index contributed by atoms with van der Waals surface area (Å²) in [7, 11) is 0. The maximum Gasteiger partial charge on any atom is 0.222 e. The highest BCUT2D eigenvalue weighted by molar-refractivity contribution is 5.87. The molecule has 1 aromatic carbocycles. The lowest BCUT2D eigenvalue weighted by atomic mass is 9.91. The average Bonchev–Trinajstić information content (AvgIpc) is 3.16. The average molecular weight is 396 g/mol. The number of aliphatic hydroxyl groups excluding tert-OH is 1. The van der Waals surface area contributed by atoms with Gasteiger partial charge in [0.15, 0.2) is 0 Å². The SMILES string of the molecule is CC(=O)Nc1ccc(C(O)CN2C[C@@H]3CC(O)(Cc4ccccc4)C[C@@H]3C2)cn1. The van der Waals surface area contributed by atoms with Gasteiger partial charge in [0.1, 0.15) is 5.82 Å². The van der Waals surface area contributed by atoms with Gasteiger partial charge in [0.2, 0.25) is 5.91 Å². The Morgan fingerprint density at radius 3 is 2.48 bits per heavy atom. The number of fused-ring (bicyclic) bond motifs is 1. The number of carbonyl (C=O) groups excluding carboxylic acids is 1. The Bertz CT molecular complexity index is 826. The topological polar surface area (TPSA) is 85.7 Å². The summed E-state index contributed by atoms with van der Waals surface area (Å²) in [4.78, 5) is 17.6. The molecule has 4 atom stereocenters. The Morgan fingerprint density at radius 2 is 1.90 bits per heavy atom. The van der Waals surface area contributed by atoms with Gasteiger partial charge in [-0.15, -0.1) is 0 Å². The largest absolute Gasteiger partial charge is 0.390 e. The number of aliphatic hydroxyl groups is 2. The number of hydrogen-bond acceptors (Lipinski definition) is 5. The second kappa shape index (κ2) is 8.22. The Balaban J connectivity index is 1.29. The van der Waals surface area contributed by atoms with Crippen LogP contribution in [0.4, 0.5) is 5.82 Å². The molecule has 6 heteroatoms. The molecule has 1 saturated heterocycles. The molecular weight excluding hydrogens is 366 g/mol. The molecule has 6 nitrogen and oxygen atoms in total. The third-order valence-corrected chi connectivity index (χ3v) is 6.22. The molecule has 29 heavy (non-hydrogen) atoms. The monoisotopic (exact) mass is 395 g/mol. The number of amides is 1. The van der Waals surface area contributed by atoms with Crippen molar-refractivity contribution in [3.05, 3.63) is 59.8 Å². The second-order valence-corrected chi connectivity index (χ2v) is 8.71. The van der Waals surface area contributed by atoms with Crippen LogP contribution in [-0.4, -0.2) is 51.2 Å². The predicted molar refractivity (Wildman–Crippen MR) is 111 cm³/mol. The van der Waals surface area contributed by atoms with Crippen molar-refractivity contribution in [1.29, 1.82) is 0 Å². The van der Waals surface area contributed by atoms with Crippen LogP contribution in [0, 0.1) is 11.8 Å². The zero-order valence-corrected chi connectivity index (χ0v) is 16.8. The van der Waals surface area contributed by atoms with E-state index in [0.717, 1.165) is 37.9 Å². The normalized spacial score (nSPS) is 27.6. The zero-order chi connectivity index (χ0) is 20.4. The molecule has 1 aromatic heterocycles. The van der Waals surface area contributed by atoms with Crippen molar-refractivity contribution in [3.63, 3.8) is 0 Å². The summed E-state index contributed by atoms with van der Waals surface area (Å²) in [6.07, 6.45) is 3.37. The molecule has 1 aliphatic heterocycles. The van der Waals surface area contributed by atoms with Gasteiger partial charge in [-0.3, -0.25) is 9.69 Å². The van der Waals surface area contributed by atoms with Gasteiger partial charge in [0.05, 0.1) is 11.7 Å². The van der Waals surface area contributed by atoms with Gasteiger partial charge < -0.3 is 15.5 Å². The molecule has 154 valence electrons. The summed E-state index contributed by atoms with van der Waals surface area (Å²) in [5, 5.41) is 24.3. The maximum atomic E-state index is 11.1. The number of carbonyl (C=O) groups is 1. The van der Waals surface area contributed by atoms with E-state index in [0.29, 0.717) is 24.2 Å². The first kappa shape index (κ1) is 20.0. The van der Waals surface area contributed by atoms with E-state index in [9.17, 15) is 15.0 Å². The number of likely N-dealkylation sites (tertiary alicyclic amines) is 1. The molecule has 4 rings (SSSR count). The lowest BCUT2D eigenvalue weighted by Gasteiger charge is -2.27. The van der Waals surface area contributed by atoms with Gasteiger partial charge in [-0.25, -0.2) is 4.98 Å². The fourth-order valence-corrected chi connectivity index (χ4v) is 5.03. The summed E-state index contributed by atoms with van der Waals surface area (Å²) in [5.74, 6) is 1.29. The minimum absolute atomic E-state index is 0.165. The number of anilines is 1. The van der Waals surface area contributed by atoms with Crippen LogP contribution in [0.5, 0.6) is 0 Å². The first-order valence-corrected chi connectivity index (χ1v) is 10.3. The van der Waals surface area contributed by atoms with E-state index >= 15 is 0 Å². The van der Waals surface area contributed by atoms with Crippen LogP contribution < -0.4 is 5.32 Å². The van der Waals surface area contributed by atoms with Gasteiger partial charge in [-0.2, -0.15) is 0 Å². The lowest BCUT2D eigenvalue weighted by molar-refractivity contribution is -0.114. The highest BCUT2D eigenvalue weighted by atomic mass is 16.3. The summed E-state index contributed by atoms with van der Waals surface area (Å²) >= 11 is 0. The molecule has 3 N–H and O–H groups in total. The van der Waals surface area contributed by atoms with E-state index in [1.54, 1.807) is 18.3 Å². The van der Waals surface area contributed by atoms with Crippen LogP contribution >= 0.6 is 0 Å². The molecule has 2 fully saturated rings. The van der Waals surface area contributed by atoms with Crippen molar-refractivity contribution >= 4 is 11.7 Å². The number of nitrogens with one attached hydrogen (secondary N) is 1. The van der Waals surface area contributed by atoms with Gasteiger partial charge in [0.25, 0.3) is 0 Å². The van der Waals surface area contributed by atoms with E-state index in [1.807, 2.05) is 18.2 Å². The molecule has 0 bridgehead atoms. The molecule has 0 spiro atoms. The number of nitrogens with zero attached hydrogens (tertiary/aromatic N) is 2. The Labute approximate surface area is 171 Å². The van der Waals surface area contributed by atoms with Crippen molar-refractivity contribution in [2.45, 2.75) is 37.9 Å². The number of pyridine rings is 1. The van der Waals surface area contributed by atoms with Gasteiger partial charge in [0, 0.05) is 44.7 Å². The minimum Gasteiger partial charge on any atom is -0.390 e. The van der Waals surface area contributed by atoms with E-state index in [4.69, 9.17) is 0 Å². The van der Waals surface area contributed by atoms with Crippen molar-refractivity contribution in [2.24, 2.45) is 11.8 Å². The molecule has 0 radical (unpaired) electrons. The van der Waals surface area contributed by atoms with Crippen LogP contribution in [0.3, 0.4) is 0 Å². The highest BCUT2D eigenvalue weighted by Crippen LogP contribution is 2.45. The molecule has 1 saturated carbocycles. The fraction of sp³-hybridized carbons (Fsp3) is 0.478. The van der Waals surface area contributed by atoms with Gasteiger partial charge in [-0.05, 0) is 36.3 Å². The quantitative estimate of drug-likeness (QED) is 0.699. The van der Waals surface area contributed by atoms with Crippen molar-refractivity contribution in [1.82, 2.24) is 9.88 Å². The molecule has 1 aliphatic carbocycles. The zero-order valence-electron chi connectivity index (χ0n) is 16.8. The summed E-state index contributed by atoms with van der Waals surface area (Å²) in [5.41, 5.74) is 1.33.